The number of aryl methyl sites for hydroxylation is 1. The smallest absolute Gasteiger partial charge is 0.191 e. The summed E-state index contributed by atoms with van der Waals surface area (Å²) in [5.41, 5.74) is 1.30. The summed E-state index contributed by atoms with van der Waals surface area (Å²) in [4.78, 5) is 4.61. The average Bonchev–Trinajstić information content (AvgIpc) is 2.86. The van der Waals surface area contributed by atoms with Gasteiger partial charge in [0.15, 0.2) is 5.96 Å². The first-order chi connectivity index (χ1) is 10.2. The molecule has 0 radical (unpaired) electrons. The lowest BCUT2D eigenvalue weighted by Crippen LogP contribution is -2.41. The molecule has 0 spiro atoms. The first kappa shape index (κ1) is 15.4. The highest BCUT2D eigenvalue weighted by molar-refractivity contribution is 5.80. The van der Waals surface area contributed by atoms with Crippen LogP contribution < -0.4 is 10.6 Å². The molecule has 0 saturated heterocycles. The maximum absolute atomic E-state index is 4.61. The summed E-state index contributed by atoms with van der Waals surface area (Å²) in [5, 5.41) is 7.91. The van der Waals surface area contributed by atoms with E-state index in [-0.39, 0.29) is 0 Å². The zero-order chi connectivity index (χ0) is 15.1. The first-order valence-corrected chi connectivity index (χ1v) is 7.79. The van der Waals surface area contributed by atoms with Crippen LogP contribution in [0.1, 0.15) is 27.2 Å². The monoisotopic (exact) mass is 286 g/mol. The number of guanidine groups is 1. The molecule has 2 N–H and O–H groups in total. The van der Waals surface area contributed by atoms with Crippen LogP contribution in [0, 0.1) is 0 Å². The lowest BCUT2D eigenvalue weighted by molar-refractivity contribution is 0.658. The zero-order valence-corrected chi connectivity index (χ0v) is 13.3. The van der Waals surface area contributed by atoms with Gasteiger partial charge in [-0.3, -0.25) is 4.99 Å². The topological polar surface area (TPSA) is 41.4 Å². The highest BCUT2D eigenvalue weighted by Gasteiger charge is 2.01. The Balaban J connectivity index is 1.88. The summed E-state index contributed by atoms with van der Waals surface area (Å²) >= 11 is 0. The number of hydrogen-bond donors (Lipinski definition) is 2. The molecule has 0 unspecified atom stereocenters. The van der Waals surface area contributed by atoms with Crippen LogP contribution in [-0.2, 0) is 6.54 Å². The van der Waals surface area contributed by atoms with Crippen LogP contribution in [0.15, 0.2) is 41.5 Å². The minimum absolute atomic E-state index is 0.399. The molecule has 2 rings (SSSR count). The molecule has 0 atom stereocenters. The molecule has 0 amide bonds. The molecule has 4 nitrogen and oxygen atoms in total. The van der Waals surface area contributed by atoms with Gasteiger partial charge in [0.25, 0.3) is 0 Å². The molecule has 0 fully saturated rings. The van der Waals surface area contributed by atoms with E-state index in [2.05, 4.69) is 77.5 Å². The molecular formula is C17H26N4. The minimum Gasteiger partial charge on any atom is -0.357 e. The quantitative estimate of drug-likeness (QED) is 0.487. The summed E-state index contributed by atoms with van der Waals surface area (Å²) in [6, 6.07) is 11.1. The summed E-state index contributed by atoms with van der Waals surface area (Å²) in [6.45, 7) is 9.05. The van der Waals surface area contributed by atoms with Gasteiger partial charge in [0.1, 0.15) is 0 Å². The van der Waals surface area contributed by atoms with E-state index in [1.807, 2.05) is 0 Å². The SMILES string of the molecule is CCNC(=NCCCn1ccc2ccccc21)NC(C)C. The van der Waals surface area contributed by atoms with Crippen LogP contribution in [0.5, 0.6) is 0 Å². The average molecular weight is 286 g/mol. The second-order valence-corrected chi connectivity index (χ2v) is 5.48. The van der Waals surface area contributed by atoms with Crippen molar-refractivity contribution < 1.29 is 0 Å². The van der Waals surface area contributed by atoms with Gasteiger partial charge in [-0.25, -0.2) is 0 Å². The van der Waals surface area contributed by atoms with Crippen LogP contribution in [0.25, 0.3) is 10.9 Å². The zero-order valence-electron chi connectivity index (χ0n) is 13.3. The van der Waals surface area contributed by atoms with E-state index in [9.17, 15) is 0 Å². The predicted octanol–water partition coefficient (Wildman–Crippen LogP) is 2.99. The Morgan fingerprint density at radius 3 is 2.81 bits per heavy atom. The molecule has 0 aliphatic heterocycles. The third kappa shape index (κ3) is 4.52. The van der Waals surface area contributed by atoms with Crippen LogP contribution >= 0.6 is 0 Å². The van der Waals surface area contributed by atoms with Gasteiger partial charge in [-0.15, -0.1) is 0 Å². The van der Waals surface area contributed by atoms with Crippen molar-refractivity contribution in [3.63, 3.8) is 0 Å². The maximum Gasteiger partial charge on any atom is 0.191 e. The number of rotatable bonds is 6. The van der Waals surface area contributed by atoms with E-state index < -0.39 is 0 Å². The molecule has 2 aromatic rings. The Morgan fingerprint density at radius 1 is 1.24 bits per heavy atom. The summed E-state index contributed by atoms with van der Waals surface area (Å²) in [5.74, 6) is 0.907. The van der Waals surface area contributed by atoms with Gasteiger partial charge < -0.3 is 15.2 Å². The molecule has 1 aromatic heterocycles. The molecule has 114 valence electrons. The number of para-hydroxylation sites is 1. The molecule has 0 bridgehead atoms. The van der Waals surface area contributed by atoms with Crippen molar-refractivity contribution in [3.05, 3.63) is 36.5 Å². The van der Waals surface area contributed by atoms with Crippen molar-refractivity contribution in [1.82, 2.24) is 15.2 Å². The van der Waals surface area contributed by atoms with E-state index in [1.165, 1.54) is 10.9 Å². The van der Waals surface area contributed by atoms with Crippen molar-refractivity contribution in [2.24, 2.45) is 4.99 Å². The first-order valence-electron chi connectivity index (χ1n) is 7.79. The minimum atomic E-state index is 0.399. The number of aromatic nitrogens is 1. The molecule has 1 aromatic carbocycles. The van der Waals surface area contributed by atoms with Gasteiger partial charge in [0, 0.05) is 37.4 Å². The van der Waals surface area contributed by atoms with Crippen molar-refractivity contribution >= 4 is 16.9 Å². The number of benzene rings is 1. The molecular weight excluding hydrogens is 260 g/mol. The summed E-state index contributed by atoms with van der Waals surface area (Å²) in [6.07, 6.45) is 3.19. The predicted molar refractivity (Wildman–Crippen MR) is 90.8 cm³/mol. The third-order valence-corrected chi connectivity index (χ3v) is 3.28. The standard InChI is InChI=1S/C17H26N4/c1-4-18-17(20-14(2)3)19-11-7-12-21-13-10-15-8-5-6-9-16(15)21/h5-6,8-10,13-14H,4,7,11-12H2,1-3H3,(H2,18,19,20). The van der Waals surface area contributed by atoms with Crippen molar-refractivity contribution in [1.29, 1.82) is 0 Å². The Hall–Kier alpha value is -1.97. The highest BCUT2D eigenvalue weighted by atomic mass is 15.2. The van der Waals surface area contributed by atoms with Gasteiger partial charge in [0.05, 0.1) is 0 Å². The molecule has 0 aliphatic rings. The van der Waals surface area contributed by atoms with Gasteiger partial charge in [-0.1, -0.05) is 18.2 Å². The van der Waals surface area contributed by atoms with Crippen molar-refractivity contribution in [3.8, 4) is 0 Å². The van der Waals surface area contributed by atoms with E-state index in [4.69, 9.17) is 0 Å². The van der Waals surface area contributed by atoms with E-state index in [1.54, 1.807) is 0 Å². The van der Waals surface area contributed by atoms with Crippen LogP contribution in [0.4, 0.5) is 0 Å². The number of aliphatic imine (C=N–C) groups is 1. The molecule has 21 heavy (non-hydrogen) atoms. The fourth-order valence-corrected chi connectivity index (χ4v) is 2.36. The van der Waals surface area contributed by atoms with Gasteiger partial charge >= 0.3 is 0 Å². The Morgan fingerprint density at radius 2 is 2.05 bits per heavy atom. The lowest BCUT2D eigenvalue weighted by Gasteiger charge is -2.14. The molecule has 4 heteroatoms. The maximum atomic E-state index is 4.61. The molecule has 0 saturated carbocycles. The fraction of sp³-hybridized carbons (Fsp3) is 0.471. The van der Waals surface area contributed by atoms with Crippen LogP contribution in [0.3, 0.4) is 0 Å². The normalized spacial score (nSPS) is 12.1. The van der Waals surface area contributed by atoms with Crippen molar-refractivity contribution in [2.45, 2.75) is 39.8 Å². The summed E-state index contributed by atoms with van der Waals surface area (Å²) in [7, 11) is 0. The van der Waals surface area contributed by atoms with Crippen molar-refractivity contribution in [2.75, 3.05) is 13.1 Å². The largest absolute Gasteiger partial charge is 0.357 e. The molecule has 0 aliphatic carbocycles. The van der Waals surface area contributed by atoms with Crippen LogP contribution in [-0.4, -0.2) is 29.7 Å². The fourth-order valence-electron chi connectivity index (χ4n) is 2.36. The van der Waals surface area contributed by atoms with E-state index in [0.29, 0.717) is 6.04 Å². The number of nitrogens with zero attached hydrogens (tertiary/aromatic N) is 2. The number of fused-ring (bicyclic) bond motifs is 1. The lowest BCUT2D eigenvalue weighted by atomic mass is 10.2. The second kappa shape index (κ2) is 7.72. The van der Waals surface area contributed by atoms with Crippen LogP contribution in [0.2, 0.25) is 0 Å². The van der Waals surface area contributed by atoms with E-state index >= 15 is 0 Å². The molecule has 1 heterocycles. The third-order valence-electron chi connectivity index (χ3n) is 3.28. The second-order valence-electron chi connectivity index (χ2n) is 5.48. The van der Waals surface area contributed by atoms with Gasteiger partial charge in [-0.05, 0) is 44.7 Å². The highest BCUT2D eigenvalue weighted by Crippen LogP contribution is 2.15. The van der Waals surface area contributed by atoms with E-state index in [0.717, 1.165) is 32.0 Å². The number of hydrogen-bond acceptors (Lipinski definition) is 1. The van der Waals surface area contributed by atoms with Gasteiger partial charge in [-0.2, -0.15) is 0 Å². The Bertz CT molecular complexity index is 583. The summed E-state index contributed by atoms with van der Waals surface area (Å²) < 4.78 is 2.30. The number of nitrogens with one attached hydrogen (secondary N) is 2. The Kier molecular flexibility index (Phi) is 5.67. The Labute approximate surface area is 127 Å². The van der Waals surface area contributed by atoms with Gasteiger partial charge in [0.2, 0.25) is 0 Å².